The fourth-order valence-electron chi connectivity index (χ4n) is 1.21. The summed E-state index contributed by atoms with van der Waals surface area (Å²) in [6.45, 7) is 5.91. The Kier molecular flexibility index (Phi) is 4.92. The zero-order valence-corrected chi connectivity index (χ0v) is 12.8. The van der Waals surface area contributed by atoms with Crippen molar-refractivity contribution in [3.05, 3.63) is 11.1 Å². The van der Waals surface area contributed by atoms with Gasteiger partial charge in [0.15, 0.2) is 5.13 Å². The molecule has 1 heterocycles. The number of hydrogen-bond acceptors (Lipinski definition) is 5. The zero-order valence-electron chi connectivity index (χ0n) is 11.1. The van der Waals surface area contributed by atoms with E-state index in [0.717, 1.165) is 11.3 Å². The van der Waals surface area contributed by atoms with Gasteiger partial charge in [-0.25, -0.2) is 13.4 Å². The first kappa shape index (κ1) is 15.9. The van der Waals surface area contributed by atoms with Crippen LogP contribution in [0.3, 0.4) is 0 Å². The van der Waals surface area contributed by atoms with E-state index in [4.69, 9.17) is 5.11 Å². The lowest BCUT2D eigenvalue weighted by atomic mass is 9.94. The van der Waals surface area contributed by atoms with Gasteiger partial charge in [0, 0.05) is 5.38 Å². The first-order valence-corrected chi connectivity index (χ1v) is 8.27. The van der Waals surface area contributed by atoms with Crippen LogP contribution in [0.1, 0.15) is 32.9 Å². The molecule has 0 unspecified atom stereocenters. The molecule has 0 radical (unpaired) electrons. The Hall–Kier alpha value is -1.15. The van der Waals surface area contributed by atoms with Gasteiger partial charge in [0.2, 0.25) is 10.0 Å². The number of hydrogen-bond donors (Lipinski definition) is 2. The molecular weight excluding hydrogens is 288 g/mol. The van der Waals surface area contributed by atoms with Crippen molar-refractivity contribution in [3.8, 4) is 0 Å². The van der Waals surface area contributed by atoms with Crippen LogP contribution in [0.5, 0.6) is 0 Å². The Bertz CT molecular complexity index is 543. The molecule has 0 saturated heterocycles. The van der Waals surface area contributed by atoms with Crippen molar-refractivity contribution in [2.24, 2.45) is 5.41 Å². The molecule has 0 fully saturated rings. The highest BCUT2D eigenvalue weighted by atomic mass is 32.2. The van der Waals surface area contributed by atoms with Gasteiger partial charge < -0.3 is 5.11 Å². The summed E-state index contributed by atoms with van der Waals surface area (Å²) < 4.78 is 26.0. The van der Waals surface area contributed by atoms with Crippen LogP contribution in [0, 0.1) is 5.41 Å². The van der Waals surface area contributed by atoms with Crippen LogP contribution in [0.4, 0.5) is 5.13 Å². The molecular formula is C11H18N2O4S2. The van der Waals surface area contributed by atoms with Gasteiger partial charge >= 0.3 is 5.97 Å². The van der Waals surface area contributed by atoms with Gasteiger partial charge in [-0.05, 0) is 11.8 Å². The number of carboxylic acids is 1. The van der Waals surface area contributed by atoms with E-state index in [1.807, 2.05) is 20.8 Å². The second-order valence-corrected chi connectivity index (χ2v) is 8.15. The summed E-state index contributed by atoms with van der Waals surface area (Å²) >= 11 is 1.09. The van der Waals surface area contributed by atoms with Gasteiger partial charge in [-0.1, -0.05) is 20.8 Å². The van der Waals surface area contributed by atoms with Gasteiger partial charge in [-0.3, -0.25) is 9.52 Å². The first-order valence-electron chi connectivity index (χ1n) is 5.74. The number of aliphatic carboxylic acids is 1. The topological polar surface area (TPSA) is 96.4 Å². The van der Waals surface area contributed by atoms with Gasteiger partial charge in [0.1, 0.15) is 0 Å². The van der Waals surface area contributed by atoms with Crippen LogP contribution >= 0.6 is 11.3 Å². The highest BCUT2D eigenvalue weighted by Gasteiger charge is 2.18. The van der Waals surface area contributed by atoms with E-state index in [-0.39, 0.29) is 22.7 Å². The predicted molar refractivity (Wildman–Crippen MR) is 74.9 cm³/mol. The minimum atomic E-state index is -3.43. The smallest absolute Gasteiger partial charge is 0.309 e. The molecule has 1 rings (SSSR count). The van der Waals surface area contributed by atoms with Gasteiger partial charge in [-0.15, -0.1) is 11.3 Å². The standard InChI is InChI=1S/C11H18N2O4S2/c1-11(2,3)4-5-19(16,17)13-10-12-8(7-18-10)6-9(14)15/h7H,4-6H2,1-3H3,(H,12,13)(H,14,15). The summed E-state index contributed by atoms with van der Waals surface area (Å²) in [5, 5.41) is 10.4. The zero-order chi connectivity index (χ0) is 14.7. The maximum atomic E-state index is 11.8. The van der Waals surface area contributed by atoms with Crippen LogP contribution in [0.15, 0.2) is 5.38 Å². The summed E-state index contributed by atoms with van der Waals surface area (Å²) in [5.74, 6) is -0.975. The molecule has 6 nitrogen and oxygen atoms in total. The van der Waals surface area contributed by atoms with Crippen molar-refractivity contribution >= 4 is 32.5 Å². The molecule has 0 aromatic carbocycles. The molecule has 0 aliphatic carbocycles. The number of nitrogens with zero attached hydrogens (tertiary/aromatic N) is 1. The highest BCUT2D eigenvalue weighted by molar-refractivity contribution is 7.92. The lowest BCUT2D eigenvalue weighted by molar-refractivity contribution is -0.136. The fourth-order valence-corrected chi connectivity index (χ4v) is 3.64. The van der Waals surface area contributed by atoms with E-state index >= 15 is 0 Å². The maximum absolute atomic E-state index is 11.8. The van der Waals surface area contributed by atoms with E-state index in [1.165, 1.54) is 5.38 Å². The number of sulfonamides is 1. The molecule has 8 heteroatoms. The molecule has 19 heavy (non-hydrogen) atoms. The third-order valence-corrected chi connectivity index (χ3v) is 4.43. The molecule has 2 N–H and O–H groups in total. The molecule has 0 saturated carbocycles. The van der Waals surface area contributed by atoms with E-state index in [0.29, 0.717) is 12.1 Å². The monoisotopic (exact) mass is 306 g/mol. The molecule has 1 aromatic rings. The van der Waals surface area contributed by atoms with Crippen LogP contribution in [-0.2, 0) is 21.2 Å². The minimum absolute atomic E-state index is 0.0182. The molecule has 108 valence electrons. The quantitative estimate of drug-likeness (QED) is 0.837. The summed E-state index contributed by atoms with van der Waals surface area (Å²) in [4.78, 5) is 14.4. The van der Waals surface area contributed by atoms with Crippen LogP contribution in [0.2, 0.25) is 0 Å². The van der Waals surface area contributed by atoms with Crippen LogP contribution in [-0.4, -0.2) is 30.2 Å². The van der Waals surface area contributed by atoms with Gasteiger partial charge in [0.05, 0.1) is 17.9 Å². The average Bonchev–Trinajstić information content (AvgIpc) is 2.60. The number of anilines is 1. The van der Waals surface area contributed by atoms with Gasteiger partial charge in [0.25, 0.3) is 0 Å². The minimum Gasteiger partial charge on any atom is -0.481 e. The van der Waals surface area contributed by atoms with Crippen molar-refractivity contribution in [1.29, 1.82) is 0 Å². The van der Waals surface area contributed by atoms with Crippen molar-refractivity contribution < 1.29 is 18.3 Å². The Labute approximate surface area is 116 Å². The summed E-state index contributed by atoms with van der Waals surface area (Å²) in [7, 11) is -3.43. The van der Waals surface area contributed by atoms with Crippen molar-refractivity contribution in [2.75, 3.05) is 10.5 Å². The first-order chi connectivity index (χ1) is 8.57. The van der Waals surface area contributed by atoms with Gasteiger partial charge in [-0.2, -0.15) is 0 Å². The van der Waals surface area contributed by atoms with Crippen LogP contribution in [0.25, 0.3) is 0 Å². The normalized spacial score (nSPS) is 12.4. The van der Waals surface area contributed by atoms with Crippen molar-refractivity contribution in [1.82, 2.24) is 4.98 Å². The molecule has 1 aromatic heterocycles. The molecule has 0 aliphatic heterocycles. The number of carbonyl (C=O) groups is 1. The Morgan fingerprint density at radius 1 is 1.47 bits per heavy atom. The van der Waals surface area contributed by atoms with Crippen molar-refractivity contribution in [2.45, 2.75) is 33.6 Å². The summed E-state index contributed by atoms with van der Waals surface area (Å²) in [5.41, 5.74) is 0.289. The third-order valence-electron chi connectivity index (χ3n) is 2.25. The molecule has 0 spiro atoms. The van der Waals surface area contributed by atoms with E-state index in [2.05, 4.69) is 9.71 Å². The second-order valence-electron chi connectivity index (χ2n) is 5.45. The lowest BCUT2D eigenvalue weighted by Crippen LogP contribution is -2.20. The number of aromatic nitrogens is 1. The molecule has 0 aliphatic rings. The molecule has 0 amide bonds. The Morgan fingerprint density at radius 3 is 2.63 bits per heavy atom. The fraction of sp³-hybridized carbons (Fsp3) is 0.636. The van der Waals surface area contributed by atoms with E-state index in [9.17, 15) is 13.2 Å². The van der Waals surface area contributed by atoms with Crippen LogP contribution < -0.4 is 4.72 Å². The third kappa shape index (κ3) is 6.53. The van der Waals surface area contributed by atoms with E-state index in [1.54, 1.807) is 0 Å². The van der Waals surface area contributed by atoms with E-state index < -0.39 is 16.0 Å². The average molecular weight is 306 g/mol. The highest BCUT2D eigenvalue weighted by Crippen LogP contribution is 2.21. The number of nitrogens with one attached hydrogen (secondary N) is 1. The Balaban J connectivity index is 2.63. The lowest BCUT2D eigenvalue weighted by Gasteiger charge is -2.17. The number of thiazole rings is 1. The number of carboxylic acid groups (broad SMARTS) is 1. The summed E-state index contributed by atoms with van der Waals surface area (Å²) in [6.07, 6.45) is 0.329. The maximum Gasteiger partial charge on any atom is 0.309 e. The van der Waals surface area contributed by atoms with Crippen molar-refractivity contribution in [3.63, 3.8) is 0 Å². The molecule has 0 atom stereocenters. The molecule has 0 bridgehead atoms. The SMILES string of the molecule is CC(C)(C)CCS(=O)(=O)Nc1nc(CC(=O)O)cs1. The number of rotatable bonds is 6. The Morgan fingerprint density at radius 2 is 2.11 bits per heavy atom. The largest absolute Gasteiger partial charge is 0.481 e. The summed E-state index contributed by atoms with van der Waals surface area (Å²) in [6, 6.07) is 0. The predicted octanol–water partition coefficient (Wildman–Crippen LogP) is 1.95. The second kappa shape index (κ2) is 5.87.